The van der Waals surface area contributed by atoms with Crippen LogP contribution in [0.5, 0.6) is 0 Å². The number of nitrogens with zero attached hydrogens (tertiary/aromatic N) is 1. The van der Waals surface area contributed by atoms with Crippen molar-refractivity contribution in [3.8, 4) is 0 Å². The lowest BCUT2D eigenvalue weighted by Gasteiger charge is -2.20. The number of nitrogens with one attached hydrogen (secondary N) is 1. The van der Waals surface area contributed by atoms with Crippen LogP contribution in [0.25, 0.3) is 11.1 Å². The van der Waals surface area contributed by atoms with E-state index in [2.05, 4.69) is 25.2 Å². The fourth-order valence-corrected chi connectivity index (χ4v) is 2.46. The molecule has 0 saturated carbocycles. The van der Waals surface area contributed by atoms with Crippen LogP contribution < -0.4 is 11.1 Å². The van der Waals surface area contributed by atoms with Gasteiger partial charge in [0.05, 0.1) is 5.52 Å². The Bertz CT molecular complexity index is 595. The molecule has 1 aromatic heterocycles. The second kappa shape index (κ2) is 4.98. The van der Waals surface area contributed by atoms with E-state index in [-0.39, 0.29) is 11.8 Å². The summed E-state index contributed by atoms with van der Waals surface area (Å²) in [4.78, 5) is 11.6. The highest BCUT2D eigenvalue weighted by Gasteiger charge is 2.16. The molecule has 1 atom stereocenters. The van der Waals surface area contributed by atoms with Crippen molar-refractivity contribution < 1.29 is 4.42 Å². The molecule has 18 heavy (non-hydrogen) atoms. The molecule has 1 unspecified atom stereocenters. The Balaban J connectivity index is 2.54. The van der Waals surface area contributed by atoms with Crippen LogP contribution in [-0.2, 0) is 6.54 Å². The zero-order valence-electron chi connectivity index (χ0n) is 11.4. The third-order valence-corrected chi connectivity index (χ3v) is 3.35. The number of aryl methyl sites for hydroxylation is 1. The van der Waals surface area contributed by atoms with Gasteiger partial charge in [0.1, 0.15) is 0 Å². The summed E-state index contributed by atoms with van der Waals surface area (Å²) in [6.07, 6.45) is 0. The van der Waals surface area contributed by atoms with Crippen molar-refractivity contribution in [2.75, 3.05) is 7.05 Å². The largest absolute Gasteiger partial charge is 0.419 e. The molecular formula is C14H20N2O2. The van der Waals surface area contributed by atoms with Gasteiger partial charge >= 0.3 is 5.76 Å². The van der Waals surface area contributed by atoms with Crippen molar-refractivity contribution in [3.63, 3.8) is 0 Å². The van der Waals surface area contributed by atoms with Gasteiger partial charge in [-0.2, -0.15) is 0 Å². The molecule has 4 heteroatoms. The van der Waals surface area contributed by atoms with Gasteiger partial charge in [-0.3, -0.25) is 4.57 Å². The maximum Gasteiger partial charge on any atom is 0.419 e. The smallest absolute Gasteiger partial charge is 0.408 e. The van der Waals surface area contributed by atoms with E-state index in [1.54, 1.807) is 4.57 Å². The van der Waals surface area contributed by atoms with E-state index < -0.39 is 0 Å². The van der Waals surface area contributed by atoms with Gasteiger partial charge in [0, 0.05) is 12.6 Å². The molecule has 0 fully saturated rings. The van der Waals surface area contributed by atoms with Crippen molar-refractivity contribution >= 4 is 11.1 Å². The summed E-state index contributed by atoms with van der Waals surface area (Å²) in [5.41, 5.74) is 2.68. The van der Waals surface area contributed by atoms with Gasteiger partial charge < -0.3 is 9.73 Å². The number of oxazole rings is 1. The zero-order chi connectivity index (χ0) is 13.3. The number of hydrogen-bond donors (Lipinski definition) is 1. The van der Waals surface area contributed by atoms with Gasteiger partial charge in [-0.25, -0.2) is 4.79 Å². The molecular weight excluding hydrogens is 228 g/mol. The molecule has 1 N–H and O–H groups in total. The molecule has 1 aromatic carbocycles. The van der Waals surface area contributed by atoms with E-state index in [9.17, 15) is 4.79 Å². The summed E-state index contributed by atoms with van der Waals surface area (Å²) in [6.45, 7) is 6.90. The van der Waals surface area contributed by atoms with Gasteiger partial charge in [-0.1, -0.05) is 19.9 Å². The maximum atomic E-state index is 11.6. The predicted molar refractivity (Wildman–Crippen MR) is 72.8 cm³/mol. The van der Waals surface area contributed by atoms with E-state index in [1.165, 1.54) is 0 Å². The second-order valence-corrected chi connectivity index (χ2v) is 4.85. The van der Waals surface area contributed by atoms with Crippen LogP contribution in [0.1, 0.15) is 32.4 Å². The van der Waals surface area contributed by atoms with Gasteiger partial charge in [-0.15, -0.1) is 0 Å². The van der Waals surface area contributed by atoms with Crippen molar-refractivity contribution in [2.24, 2.45) is 5.92 Å². The van der Waals surface area contributed by atoms with Gasteiger partial charge in [0.25, 0.3) is 0 Å². The summed E-state index contributed by atoms with van der Waals surface area (Å²) in [5, 5.41) is 3.29. The second-order valence-electron chi connectivity index (χ2n) is 4.85. The van der Waals surface area contributed by atoms with Crippen molar-refractivity contribution in [1.29, 1.82) is 0 Å². The molecule has 2 rings (SSSR count). The lowest BCUT2D eigenvalue weighted by Crippen LogP contribution is -2.21. The molecule has 0 saturated heterocycles. The molecule has 1 heterocycles. The van der Waals surface area contributed by atoms with Gasteiger partial charge in [-0.05, 0) is 37.6 Å². The molecule has 0 aliphatic heterocycles. The summed E-state index contributed by atoms with van der Waals surface area (Å²) in [5.74, 6) is 0.197. The van der Waals surface area contributed by atoms with E-state index in [4.69, 9.17) is 4.42 Å². The van der Waals surface area contributed by atoms with Crippen molar-refractivity contribution in [2.45, 2.75) is 33.4 Å². The first kappa shape index (κ1) is 12.9. The number of aromatic nitrogens is 1. The Morgan fingerprint density at radius 2 is 2.11 bits per heavy atom. The average Bonchev–Trinajstić information content (AvgIpc) is 2.64. The highest BCUT2D eigenvalue weighted by atomic mass is 16.4. The molecule has 4 nitrogen and oxygen atoms in total. The SMILES string of the molecule is CCn1c(=O)oc2cc(C(NC)C(C)C)ccc21. The fourth-order valence-electron chi connectivity index (χ4n) is 2.46. The number of rotatable bonds is 4. The van der Waals surface area contributed by atoms with Crippen LogP contribution >= 0.6 is 0 Å². The summed E-state index contributed by atoms with van der Waals surface area (Å²) < 4.78 is 6.93. The van der Waals surface area contributed by atoms with Crippen LogP contribution in [0.3, 0.4) is 0 Å². The minimum atomic E-state index is -0.282. The Morgan fingerprint density at radius 3 is 2.67 bits per heavy atom. The Labute approximate surface area is 107 Å². The lowest BCUT2D eigenvalue weighted by molar-refractivity contribution is 0.442. The fraction of sp³-hybridized carbons (Fsp3) is 0.500. The third kappa shape index (κ3) is 2.08. The first-order valence-corrected chi connectivity index (χ1v) is 6.39. The Hall–Kier alpha value is -1.55. The summed E-state index contributed by atoms with van der Waals surface area (Å²) >= 11 is 0. The van der Waals surface area contributed by atoms with Crippen molar-refractivity contribution in [1.82, 2.24) is 9.88 Å². The standard InChI is InChI=1S/C14H20N2O2/c1-5-16-11-7-6-10(13(15-4)9(2)3)8-12(11)18-14(16)17/h6-9,13,15H,5H2,1-4H3. The first-order valence-electron chi connectivity index (χ1n) is 6.39. The van der Waals surface area contributed by atoms with Crippen LogP contribution in [0.2, 0.25) is 0 Å². The molecule has 0 radical (unpaired) electrons. The Kier molecular flexibility index (Phi) is 3.57. The minimum Gasteiger partial charge on any atom is -0.408 e. The lowest BCUT2D eigenvalue weighted by atomic mass is 9.96. The highest BCUT2D eigenvalue weighted by Crippen LogP contribution is 2.24. The summed E-state index contributed by atoms with van der Waals surface area (Å²) in [6, 6.07) is 6.25. The minimum absolute atomic E-state index is 0.268. The molecule has 0 amide bonds. The van der Waals surface area contributed by atoms with Crippen LogP contribution in [-0.4, -0.2) is 11.6 Å². The number of benzene rings is 1. The molecule has 0 aliphatic carbocycles. The van der Waals surface area contributed by atoms with E-state index in [1.807, 2.05) is 26.1 Å². The van der Waals surface area contributed by atoms with Gasteiger partial charge in [0.2, 0.25) is 0 Å². The molecule has 0 spiro atoms. The monoisotopic (exact) mass is 248 g/mol. The third-order valence-electron chi connectivity index (χ3n) is 3.35. The molecule has 0 aliphatic rings. The first-order chi connectivity index (χ1) is 8.58. The van der Waals surface area contributed by atoms with E-state index >= 15 is 0 Å². The van der Waals surface area contributed by atoms with Crippen LogP contribution in [0.15, 0.2) is 27.4 Å². The van der Waals surface area contributed by atoms with Crippen LogP contribution in [0, 0.1) is 5.92 Å². The zero-order valence-corrected chi connectivity index (χ0v) is 11.4. The highest BCUT2D eigenvalue weighted by molar-refractivity contribution is 5.73. The quantitative estimate of drug-likeness (QED) is 0.904. The normalized spacial score (nSPS) is 13.4. The predicted octanol–water partition coefficient (Wildman–Crippen LogP) is 2.53. The number of hydrogen-bond acceptors (Lipinski definition) is 3. The average molecular weight is 248 g/mol. The van der Waals surface area contributed by atoms with E-state index in [0.717, 1.165) is 11.1 Å². The van der Waals surface area contributed by atoms with Crippen molar-refractivity contribution in [3.05, 3.63) is 34.3 Å². The van der Waals surface area contributed by atoms with E-state index in [0.29, 0.717) is 18.0 Å². The Morgan fingerprint density at radius 1 is 1.39 bits per heavy atom. The van der Waals surface area contributed by atoms with Crippen LogP contribution in [0.4, 0.5) is 0 Å². The molecule has 98 valence electrons. The maximum absolute atomic E-state index is 11.6. The molecule has 0 bridgehead atoms. The topological polar surface area (TPSA) is 47.2 Å². The number of fused-ring (bicyclic) bond motifs is 1. The van der Waals surface area contributed by atoms with Gasteiger partial charge in [0.15, 0.2) is 5.58 Å². The summed E-state index contributed by atoms with van der Waals surface area (Å²) in [7, 11) is 1.95. The molecule has 2 aromatic rings.